The molecule has 1 amide bonds. The van der Waals surface area contributed by atoms with Crippen LogP contribution in [-0.2, 0) is 4.74 Å². The summed E-state index contributed by atoms with van der Waals surface area (Å²) in [5.41, 5.74) is 0. The van der Waals surface area contributed by atoms with Gasteiger partial charge in [-0.1, -0.05) is 52.4 Å². The van der Waals surface area contributed by atoms with E-state index in [0.29, 0.717) is 13.0 Å². The summed E-state index contributed by atoms with van der Waals surface area (Å²) in [5.74, 6) is 0. The molecule has 4 heteroatoms. The van der Waals surface area contributed by atoms with E-state index in [9.17, 15) is 9.18 Å². The van der Waals surface area contributed by atoms with E-state index in [4.69, 9.17) is 0 Å². The lowest BCUT2D eigenvalue weighted by Crippen LogP contribution is -2.28. The fourth-order valence-corrected chi connectivity index (χ4v) is 1.69. The van der Waals surface area contributed by atoms with Crippen molar-refractivity contribution in [2.75, 3.05) is 6.54 Å². The molecule has 3 nitrogen and oxygen atoms in total. The molecule has 0 aliphatic heterocycles. The minimum Gasteiger partial charge on any atom is -0.415 e. The van der Waals surface area contributed by atoms with E-state index < -0.39 is 12.5 Å². The molecule has 18 heavy (non-hydrogen) atoms. The maximum absolute atomic E-state index is 13.2. The summed E-state index contributed by atoms with van der Waals surface area (Å²) in [6.45, 7) is 4.81. The number of nitrogens with one attached hydrogen (secondary N) is 1. The Morgan fingerprint density at radius 3 is 2.28 bits per heavy atom. The summed E-state index contributed by atoms with van der Waals surface area (Å²) in [6.07, 6.45) is 6.57. The average Bonchev–Trinajstić information content (AvgIpc) is 2.34. The molecule has 1 N–H and O–H groups in total. The van der Waals surface area contributed by atoms with Crippen molar-refractivity contribution < 1.29 is 13.9 Å². The highest BCUT2D eigenvalue weighted by atomic mass is 19.1. The number of rotatable bonds is 11. The number of halogens is 1. The topological polar surface area (TPSA) is 38.3 Å². The highest BCUT2D eigenvalue weighted by molar-refractivity contribution is 5.67. The van der Waals surface area contributed by atoms with Crippen LogP contribution in [0.15, 0.2) is 0 Å². The normalized spacial score (nSPS) is 12.2. The number of hydrogen-bond donors (Lipinski definition) is 1. The maximum atomic E-state index is 13.2. The number of ether oxygens (including phenoxy) is 1. The first-order valence-electron chi connectivity index (χ1n) is 7.29. The third-order valence-corrected chi connectivity index (χ3v) is 2.82. The number of alkyl halides is 1. The summed E-state index contributed by atoms with van der Waals surface area (Å²) in [4.78, 5) is 11.2. The third kappa shape index (κ3) is 11.7. The molecular formula is C14H28FNO2. The average molecular weight is 261 g/mol. The van der Waals surface area contributed by atoms with Crippen molar-refractivity contribution in [3.63, 3.8) is 0 Å². The van der Waals surface area contributed by atoms with Crippen molar-refractivity contribution in [1.82, 2.24) is 5.32 Å². The molecule has 0 radical (unpaired) electrons. The molecule has 108 valence electrons. The zero-order chi connectivity index (χ0) is 13.6. The Hall–Kier alpha value is -0.800. The first-order valence-corrected chi connectivity index (χ1v) is 7.29. The summed E-state index contributed by atoms with van der Waals surface area (Å²) in [5, 5.41) is 2.57. The summed E-state index contributed by atoms with van der Waals surface area (Å²) < 4.78 is 17.8. The molecule has 0 spiro atoms. The van der Waals surface area contributed by atoms with Gasteiger partial charge in [0, 0.05) is 13.0 Å². The fourth-order valence-electron chi connectivity index (χ4n) is 1.69. The van der Waals surface area contributed by atoms with Crippen LogP contribution in [0, 0.1) is 0 Å². The second-order valence-corrected chi connectivity index (χ2v) is 4.65. The number of hydrogen-bond acceptors (Lipinski definition) is 2. The number of alkyl carbamates (subject to hydrolysis) is 1. The minimum atomic E-state index is -1.46. The Morgan fingerprint density at radius 1 is 1.06 bits per heavy atom. The highest BCUT2D eigenvalue weighted by Gasteiger charge is 2.11. The van der Waals surface area contributed by atoms with Gasteiger partial charge in [0.15, 0.2) is 0 Å². The van der Waals surface area contributed by atoms with Crippen molar-refractivity contribution in [2.24, 2.45) is 0 Å². The molecule has 0 bridgehead atoms. The van der Waals surface area contributed by atoms with E-state index in [1.54, 1.807) is 0 Å². The van der Waals surface area contributed by atoms with E-state index >= 15 is 0 Å². The molecule has 0 fully saturated rings. The van der Waals surface area contributed by atoms with E-state index in [1.807, 2.05) is 0 Å². The predicted molar refractivity (Wildman–Crippen MR) is 72.3 cm³/mol. The molecule has 0 saturated carbocycles. The highest BCUT2D eigenvalue weighted by Crippen LogP contribution is 2.09. The second kappa shape index (κ2) is 12.7. The van der Waals surface area contributed by atoms with Crippen molar-refractivity contribution in [3.05, 3.63) is 0 Å². The van der Waals surface area contributed by atoms with E-state index in [0.717, 1.165) is 44.9 Å². The summed E-state index contributed by atoms with van der Waals surface area (Å²) >= 11 is 0. The monoisotopic (exact) mass is 261 g/mol. The second-order valence-electron chi connectivity index (χ2n) is 4.65. The lowest BCUT2D eigenvalue weighted by atomic mass is 10.1. The Bertz CT molecular complexity index is 200. The lowest BCUT2D eigenvalue weighted by molar-refractivity contribution is 0.00699. The van der Waals surface area contributed by atoms with Crippen molar-refractivity contribution in [1.29, 1.82) is 0 Å². The Kier molecular flexibility index (Phi) is 12.1. The van der Waals surface area contributed by atoms with Gasteiger partial charge in [-0.05, 0) is 12.8 Å². The van der Waals surface area contributed by atoms with Gasteiger partial charge in [0.05, 0.1) is 0 Å². The van der Waals surface area contributed by atoms with Gasteiger partial charge in [0.25, 0.3) is 0 Å². The van der Waals surface area contributed by atoms with Crippen molar-refractivity contribution in [3.8, 4) is 0 Å². The molecule has 0 aliphatic carbocycles. The summed E-state index contributed by atoms with van der Waals surface area (Å²) in [6, 6.07) is 0. The van der Waals surface area contributed by atoms with Crippen LogP contribution < -0.4 is 5.32 Å². The van der Waals surface area contributed by atoms with E-state index in [1.165, 1.54) is 6.42 Å². The lowest BCUT2D eigenvalue weighted by Gasteiger charge is -2.10. The van der Waals surface area contributed by atoms with Crippen LogP contribution >= 0.6 is 0 Å². The van der Waals surface area contributed by atoms with Gasteiger partial charge in [-0.25, -0.2) is 9.18 Å². The number of carbonyl (C=O) groups is 1. The maximum Gasteiger partial charge on any atom is 0.409 e. The van der Waals surface area contributed by atoms with Crippen LogP contribution in [0.1, 0.15) is 71.6 Å². The molecule has 0 aromatic rings. The Labute approximate surface area is 110 Å². The van der Waals surface area contributed by atoms with E-state index in [2.05, 4.69) is 23.9 Å². The fraction of sp³-hybridized carbons (Fsp3) is 0.929. The largest absolute Gasteiger partial charge is 0.415 e. The third-order valence-electron chi connectivity index (χ3n) is 2.82. The number of unbranched alkanes of at least 4 members (excludes halogenated alkanes) is 6. The van der Waals surface area contributed by atoms with Crippen molar-refractivity contribution in [2.45, 2.75) is 78.0 Å². The smallest absolute Gasteiger partial charge is 0.409 e. The van der Waals surface area contributed by atoms with Crippen LogP contribution in [-0.4, -0.2) is 19.0 Å². The minimum absolute atomic E-state index is 0.309. The van der Waals surface area contributed by atoms with Gasteiger partial charge < -0.3 is 10.1 Å². The van der Waals surface area contributed by atoms with Crippen LogP contribution in [0.5, 0.6) is 0 Å². The molecule has 0 aromatic carbocycles. The van der Waals surface area contributed by atoms with Crippen LogP contribution in [0.25, 0.3) is 0 Å². The van der Waals surface area contributed by atoms with Crippen LogP contribution in [0.4, 0.5) is 9.18 Å². The Balaban J connectivity index is 3.37. The zero-order valence-corrected chi connectivity index (χ0v) is 11.8. The van der Waals surface area contributed by atoms with Crippen LogP contribution in [0.2, 0.25) is 0 Å². The molecule has 0 saturated heterocycles. The first-order chi connectivity index (χ1) is 8.70. The standard InChI is InChI=1S/C14H28FNO2/c1-3-5-7-9-11-13(15)18-14(17)16-12-10-8-6-4-2/h13H,3-12H2,1-2H3,(H,16,17). The zero-order valence-electron chi connectivity index (χ0n) is 11.8. The van der Waals surface area contributed by atoms with E-state index in [-0.39, 0.29) is 0 Å². The van der Waals surface area contributed by atoms with Crippen LogP contribution in [0.3, 0.4) is 0 Å². The van der Waals surface area contributed by atoms with Gasteiger partial charge in [0.1, 0.15) is 0 Å². The molecule has 0 rings (SSSR count). The molecular weight excluding hydrogens is 233 g/mol. The van der Waals surface area contributed by atoms with Gasteiger partial charge >= 0.3 is 6.09 Å². The van der Waals surface area contributed by atoms with Crippen molar-refractivity contribution >= 4 is 6.09 Å². The summed E-state index contributed by atoms with van der Waals surface area (Å²) in [7, 11) is 0. The van der Waals surface area contributed by atoms with Gasteiger partial charge in [0.2, 0.25) is 6.36 Å². The molecule has 1 atom stereocenters. The number of amides is 1. The van der Waals surface area contributed by atoms with Gasteiger partial charge in [-0.3, -0.25) is 0 Å². The predicted octanol–water partition coefficient (Wildman–Crippen LogP) is 4.56. The first kappa shape index (κ1) is 17.2. The quantitative estimate of drug-likeness (QED) is 0.554. The molecule has 0 heterocycles. The molecule has 1 unspecified atom stereocenters. The van der Waals surface area contributed by atoms with Gasteiger partial charge in [-0.15, -0.1) is 0 Å². The Morgan fingerprint density at radius 2 is 1.67 bits per heavy atom. The SMILES string of the molecule is CCCCCCNC(=O)OC(F)CCCCCC. The van der Waals surface area contributed by atoms with Gasteiger partial charge in [-0.2, -0.15) is 0 Å². The molecule has 0 aromatic heterocycles. The number of carbonyl (C=O) groups excluding carboxylic acids is 1. The molecule has 0 aliphatic rings.